The maximum absolute atomic E-state index is 5.28. The summed E-state index contributed by atoms with van der Waals surface area (Å²) in [4.78, 5) is 8.65. The first-order valence-electron chi connectivity index (χ1n) is 6.22. The number of methoxy groups -OCH3 is 1. The summed E-state index contributed by atoms with van der Waals surface area (Å²) >= 11 is 6.77. The summed E-state index contributed by atoms with van der Waals surface area (Å²) in [6.07, 6.45) is 1.94. The van der Waals surface area contributed by atoms with E-state index in [2.05, 4.69) is 20.6 Å². The summed E-state index contributed by atoms with van der Waals surface area (Å²) in [6, 6.07) is 9.37. The zero-order valence-corrected chi connectivity index (χ0v) is 13.6. The van der Waals surface area contributed by atoms with E-state index in [-0.39, 0.29) is 0 Å². The highest BCUT2D eigenvalue weighted by molar-refractivity contribution is 7.98. The SMILES string of the molecule is COc1ccc(NC(=S)Nc2cc(C)nc(SC)n2)cc1. The van der Waals surface area contributed by atoms with Gasteiger partial charge in [0.25, 0.3) is 0 Å². The van der Waals surface area contributed by atoms with Gasteiger partial charge >= 0.3 is 0 Å². The summed E-state index contributed by atoms with van der Waals surface area (Å²) < 4.78 is 5.11. The molecule has 0 atom stereocenters. The maximum atomic E-state index is 5.28. The van der Waals surface area contributed by atoms with Crippen molar-refractivity contribution in [2.75, 3.05) is 24.0 Å². The number of aromatic nitrogens is 2. The van der Waals surface area contributed by atoms with Gasteiger partial charge in [0, 0.05) is 17.4 Å². The van der Waals surface area contributed by atoms with Gasteiger partial charge in [-0.1, -0.05) is 11.8 Å². The van der Waals surface area contributed by atoms with Crippen molar-refractivity contribution in [1.82, 2.24) is 9.97 Å². The second-order valence-electron chi connectivity index (χ2n) is 4.19. The van der Waals surface area contributed by atoms with E-state index in [4.69, 9.17) is 17.0 Å². The normalized spacial score (nSPS) is 10.0. The van der Waals surface area contributed by atoms with Crippen LogP contribution in [0.1, 0.15) is 5.69 Å². The van der Waals surface area contributed by atoms with Crippen molar-refractivity contribution in [3.8, 4) is 5.75 Å². The van der Waals surface area contributed by atoms with Crippen LogP contribution in [0.4, 0.5) is 11.5 Å². The fourth-order valence-electron chi connectivity index (χ4n) is 1.65. The Labute approximate surface area is 133 Å². The molecule has 0 bridgehead atoms. The monoisotopic (exact) mass is 320 g/mol. The number of nitrogens with zero attached hydrogens (tertiary/aromatic N) is 2. The molecule has 2 N–H and O–H groups in total. The molecule has 0 spiro atoms. The molecule has 2 rings (SSSR count). The fraction of sp³-hybridized carbons (Fsp3) is 0.214. The first-order valence-corrected chi connectivity index (χ1v) is 7.86. The molecule has 0 fully saturated rings. The minimum Gasteiger partial charge on any atom is -0.497 e. The average molecular weight is 320 g/mol. The predicted octanol–water partition coefficient (Wildman–Crippen LogP) is 3.32. The molecule has 1 heterocycles. The van der Waals surface area contributed by atoms with Crippen molar-refractivity contribution >= 4 is 40.6 Å². The molecule has 7 heteroatoms. The topological polar surface area (TPSA) is 59.1 Å². The summed E-state index contributed by atoms with van der Waals surface area (Å²) in [5, 5.41) is 7.35. The van der Waals surface area contributed by atoms with Gasteiger partial charge in [0.2, 0.25) is 0 Å². The zero-order valence-electron chi connectivity index (χ0n) is 12.0. The Balaban J connectivity index is 2.02. The maximum Gasteiger partial charge on any atom is 0.189 e. The van der Waals surface area contributed by atoms with Crippen LogP contribution >= 0.6 is 24.0 Å². The Morgan fingerprint density at radius 3 is 2.52 bits per heavy atom. The van der Waals surface area contributed by atoms with Crippen LogP contribution in [-0.4, -0.2) is 28.4 Å². The zero-order chi connectivity index (χ0) is 15.2. The summed E-state index contributed by atoms with van der Waals surface area (Å²) in [5.74, 6) is 1.48. The van der Waals surface area contributed by atoms with E-state index in [1.807, 2.05) is 43.5 Å². The number of benzene rings is 1. The van der Waals surface area contributed by atoms with Crippen LogP contribution < -0.4 is 15.4 Å². The van der Waals surface area contributed by atoms with E-state index in [1.54, 1.807) is 7.11 Å². The third-order valence-corrected chi connectivity index (χ3v) is 3.36. The molecule has 0 amide bonds. The largest absolute Gasteiger partial charge is 0.497 e. The molecule has 5 nitrogen and oxygen atoms in total. The molecule has 0 aliphatic carbocycles. The van der Waals surface area contributed by atoms with Crippen LogP contribution in [-0.2, 0) is 0 Å². The third-order valence-electron chi connectivity index (χ3n) is 2.61. The van der Waals surface area contributed by atoms with Crippen molar-refractivity contribution in [2.45, 2.75) is 12.1 Å². The number of ether oxygens (including phenoxy) is 1. The van der Waals surface area contributed by atoms with Crippen molar-refractivity contribution in [3.05, 3.63) is 36.0 Å². The van der Waals surface area contributed by atoms with Gasteiger partial charge < -0.3 is 15.4 Å². The molecular formula is C14H16N4OS2. The highest BCUT2D eigenvalue weighted by atomic mass is 32.2. The predicted molar refractivity (Wildman–Crippen MR) is 91.4 cm³/mol. The Kier molecular flexibility index (Phi) is 5.35. The van der Waals surface area contributed by atoms with Crippen LogP contribution in [0.5, 0.6) is 5.75 Å². The summed E-state index contributed by atoms with van der Waals surface area (Å²) in [6.45, 7) is 1.92. The molecule has 2 aromatic rings. The first kappa shape index (κ1) is 15.5. The number of hydrogen-bond acceptors (Lipinski definition) is 5. The Hall–Kier alpha value is -1.86. The summed E-state index contributed by atoms with van der Waals surface area (Å²) in [7, 11) is 1.63. The van der Waals surface area contributed by atoms with E-state index >= 15 is 0 Å². The van der Waals surface area contributed by atoms with Gasteiger partial charge in [-0.3, -0.25) is 0 Å². The molecule has 0 aliphatic rings. The molecule has 1 aromatic heterocycles. The van der Waals surface area contributed by atoms with Crippen molar-refractivity contribution < 1.29 is 4.74 Å². The average Bonchev–Trinajstić information content (AvgIpc) is 2.47. The fourth-order valence-corrected chi connectivity index (χ4v) is 2.30. The second kappa shape index (κ2) is 7.24. The minimum absolute atomic E-state index is 0.477. The molecule has 1 aromatic carbocycles. The second-order valence-corrected chi connectivity index (χ2v) is 5.37. The first-order chi connectivity index (χ1) is 10.1. The van der Waals surface area contributed by atoms with Gasteiger partial charge in [0.1, 0.15) is 11.6 Å². The van der Waals surface area contributed by atoms with Gasteiger partial charge in [0.05, 0.1) is 7.11 Å². The van der Waals surface area contributed by atoms with Crippen LogP contribution in [0, 0.1) is 6.92 Å². The number of hydrogen-bond donors (Lipinski definition) is 2. The van der Waals surface area contributed by atoms with E-state index in [1.165, 1.54) is 11.8 Å². The van der Waals surface area contributed by atoms with E-state index < -0.39 is 0 Å². The minimum atomic E-state index is 0.477. The third kappa shape index (κ3) is 4.57. The van der Waals surface area contributed by atoms with Crippen LogP contribution in [0.2, 0.25) is 0 Å². The molecule has 0 saturated heterocycles. The highest BCUT2D eigenvalue weighted by Gasteiger charge is 2.04. The number of thioether (sulfide) groups is 1. The Morgan fingerprint density at radius 2 is 1.90 bits per heavy atom. The Morgan fingerprint density at radius 1 is 1.19 bits per heavy atom. The lowest BCUT2D eigenvalue weighted by atomic mass is 10.3. The summed E-state index contributed by atoms with van der Waals surface area (Å²) in [5.41, 5.74) is 1.77. The molecule has 0 radical (unpaired) electrons. The standard InChI is InChI=1S/C14H16N4OS2/c1-9-8-12(18-14(15-9)21-3)17-13(20)16-10-4-6-11(19-2)7-5-10/h4-8H,1-3H3,(H2,15,16,17,18,20). The highest BCUT2D eigenvalue weighted by Crippen LogP contribution is 2.16. The van der Waals surface area contributed by atoms with Gasteiger partial charge in [-0.25, -0.2) is 9.97 Å². The lowest BCUT2D eigenvalue weighted by Gasteiger charge is -2.11. The molecule has 0 aliphatic heterocycles. The van der Waals surface area contributed by atoms with Crippen molar-refractivity contribution in [3.63, 3.8) is 0 Å². The number of anilines is 2. The molecule has 21 heavy (non-hydrogen) atoms. The lowest BCUT2D eigenvalue weighted by molar-refractivity contribution is 0.415. The quantitative estimate of drug-likeness (QED) is 0.509. The molecule has 0 unspecified atom stereocenters. The molecule has 0 saturated carbocycles. The smallest absolute Gasteiger partial charge is 0.189 e. The molecule has 110 valence electrons. The lowest BCUT2D eigenvalue weighted by Crippen LogP contribution is -2.20. The van der Waals surface area contributed by atoms with Gasteiger partial charge in [-0.05, 0) is 49.7 Å². The van der Waals surface area contributed by atoms with Crippen LogP contribution in [0.25, 0.3) is 0 Å². The van der Waals surface area contributed by atoms with Gasteiger partial charge in [-0.15, -0.1) is 0 Å². The molecular weight excluding hydrogens is 304 g/mol. The van der Waals surface area contributed by atoms with Gasteiger partial charge in [0.15, 0.2) is 10.3 Å². The number of rotatable bonds is 4. The Bertz CT molecular complexity index is 631. The van der Waals surface area contributed by atoms with E-state index in [0.29, 0.717) is 16.1 Å². The van der Waals surface area contributed by atoms with Crippen molar-refractivity contribution in [2.24, 2.45) is 0 Å². The number of nitrogens with one attached hydrogen (secondary N) is 2. The van der Waals surface area contributed by atoms with E-state index in [9.17, 15) is 0 Å². The van der Waals surface area contributed by atoms with Crippen molar-refractivity contribution in [1.29, 1.82) is 0 Å². The van der Waals surface area contributed by atoms with E-state index in [0.717, 1.165) is 17.1 Å². The van der Waals surface area contributed by atoms with Crippen LogP contribution in [0.3, 0.4) is 0 Å². The van der Waals surface area contributed by atoms with Gasteiger partial charge in [-0.2, -0.15) is 0 Å². The van der Waals surface area contributed by atoms with Crippen LogP contribution in [0.15, 0.2) is 35.5 Å². The number of aryl methyl sites for hydroxylation is 1. The number of thiocarbonyl (C=S) groups is 1.